The van der Waals surface area contributed by atoms with Crippen LogP contribution in [0.15, 0.2) is 30.3 Å². The van der Waals surface area contributed by atoms with Crippen LogP contribution >= 0.6 is 0 Å². The van der Waals surface area contributed by atoms with Gasteiger partial charge in [-0.05, 0) is 61.3 Å². The molecule has 1 aliphatic rings. The Morgan fingerprint density at radius 3 is 2.60 bits per heavy atom. The third-order valence-electron chi connectivity index (χ3n) is 5.02. The second kappa shape index (κ2) is 10.2. The summed E-state index contributed by atoms with van der Waals surface area (Å²) >= 11 is 0. The van der Waals surface area contributed by atoms with Crippen molar-refractivity contribution >= 4 is 17.7 Å². The minimum atomic E-state index is -0.280. The number of hydrogen-bond acceptors (Lipinski definition) is 4. The van der Waals surface area contributed by atoms with Crippen LogP contribution in [0.1, 0.15) is 51.5 Å². The second-order valence-electron chi connectivity index (χ2n) is 7.26. The molecular formula is C21H32N2O2. The molecule has 3 N–H and O–H groups in total. The molecule has 1 fully saturated rings. The average Bonchev–Trinajstić information content (AvgIpc) is 2.64. The number of benzene rings is 1. The number of rotatable bonds is 8. The van der Waals surface area contributed by atoms with Gasteiger partial charge in [-0.25, -0.2) is 4.79 Å². The lowest BCUT2D eigenvalue weighted by molar-refractivity contribution is -0.138. The zero-order chi connectivity index (χ0) is 18.1. The van der Waals surface area contributed by atoms with Crippen LogP contribution in [0.3, 0.4) is 0 Å². The number of ether oxygens (including phenoxy) is 1. The Hall–Kier alpha value is -1.81. The van der Waals surface area contributed by atoms with Crippen LogP contribution in [0.4, 0.5) is 5.69 Å². The van der Waals surface area contributed by atoms with E-state index in [0.717, 1.165) is 43.0 Å². The smallest absolute Gasteiger partial charge is 0.330 e. The fourth-order valence-corrected chi connectivity index (χ4v) is 2.92. The summed E-state index contributed by atoms with van der Waals surface area (Å²) in [4.78, 5) is 11.7. The molecule has 1 aromatic rings. The fourth-order valence-electron chi connectivity index (χ4n) is 2.92. The highest BCUT2D eigenvalue weighted by Crippen LogP contribution is 2.23. The van der Waals surface area contributed by atoms with Crippen molar-refractivity contribution in [3.05, 3.63) is 35.9 Å². The summed E-state index contributed by atoms with van der Waals surface area (Å²) < 4.78 is 5.21. The van der Waals surface area contributed by atoms with Gasteiger partial charge in [0, 0.05) is 24.4 Å². The molecular weight excluding hydrogens is 312 g/mol. The molecule has 1 aromatic carbocycles. The Kier molecular flexibility index (Phi) is 7.99. The van der Waals surface area contributed by atoms with Crippen molar-refractivity contribution in [3.63, 3.8) is 0 Å². The molecule has 25 heavy (non-hydrogen) atoms. The van der Waals surface area contributed by atoms with Crippen molar-refractivity contribution in [2.75, 3.05) is 18.5 Å². The molecule has 4 nitrogen and oxygen atoms in total. The van der Waals surface area contributed by atoms with Gasteiger partial charge in [0.05, 0.1) is 6.61 Å². The van der Waals surface area contributed by atoms with E-state index in [1.54, 1.807) is 6.08 Å². The van der Waals surface area contributed by atoms with Crippen LogP contribution in [0, 0.1) is 11.8 Å². The molecule has 0 amide bonds. The Balaban J connectivity index is 1.73. The van der Waals surface area contributed by atoms with Crippen molar-refractivity contribution in [2.24, 2.45) is 17.6 Å². The molecule has 2 rings (SSSR count). The molecule has 1 aliphatic carbocycles. The molecule has 138 valence electrons. The van der Waals surface area contributed by atoms with Gasteiger partial charge in [-0.2, -0.15) is 0 Å². The van der Waals surface area contributed by atoms with Gasteiger partial charge in [0.15, 0.2) is 0 Å². The Labute approximate surface area is 151 Å². The lowest BCUT2D eigenvalue weighted by Gasteiger charge is -2.26. The normalized spacial score (nSPS) is 21.9. The summed E-state index contributed by atoms with van der Waals surface area (Å²) in [5, 5.41) is 3.50. The molecule has 0 bridgehead atoms. The molecule has 0 aromatic heterocycles. The Bertz CT molecular complexity index is 546. The summed E-state index contributed by atoms with van der Waals surface area (Å²) in [6.07, 6.45) is 9.02. The molecule has 1 unspecified atom stereocenters. The highest BCUT2D eigenvalue weighted by Gasteiger charge is 2.17. The largest absolute Gasteiger partial charge is 0.462 e. The molecule has 0 heterocycles. The molecule has 0 spiro atoms. The van der Waals surface area contributed by atoms with E-state index in [2.05, 4.69) is 31.3 Å². The van der Waals surface area contributed by atoms with Crippen molar-refractivity contribution < 1.29 is 9.53 Å². The van der Waals surface area contributed by atoms with Crippen molar-refractivity contribution in [3.8, 4) is 0 Å². The van der Waals surface area contributed by atoms with Gasteiger partial charge in [-0.15, -0.1) is 0 Å². The molecule has 0 aliphatic heterocycles. The lowest BCUT2D eigenvalue weighted by atomic mass is 9.86. The zero-order valence-electron chi connectivity index (χ0n) is 15.5. The van der Waals surface area contributed by atoms with Crippen molar-refractivity contribution in [1.82, 2.24) is 0 Å². The monoisotopic (exact) mass is 344 g/mol. The van der Waals surface area contributed by atoms with Crippen LogP contribution in [0.2, 0.25) is 0 Å². The minimum absolute atomic E-state index is 0.280. The van der Waals surface area contributed by atoms with E-state index in [9.17, 15) is 4.79 Å². The number of hydrogen-bond donors (Lipinski definition) is 2. The number of anilines is 1. The van der Waals surface area contributed by atoms with E-state index >= 15 is 0 Å². The van der Waals surface area contributed by atoms with Gasteiger partial charge in [-0.3, -0.25) is 0 Å². The summed E-state index contributed by atoms with van der Waals surface area (Å²) in [5.74, 6) is 0.847. The van der Waals surface area contributed by atoms with Crippen LogP contribution in [0.25, 0.3) is 6.08 Å². The maximum atomic E-state index is 11.7. The topological polar surface area (TPSA) is 64.3 Å². The quantitative estimate of drug-likeness (QED) is 0.547. The van der Waals surface area contributed by atoms with E-state index < -0.39 is 0 Å². The first-order chi connectivity index (χ1) is 12.1. The lowest BCUT2D eigenvalue weighted by Crippen LogP contribution is -2.29. The molecule has 1 atom stereocenters. The SMILES string of the molecule is CCC(C)COC(=O)/C=C/c1ccc(NC[C@H]2CC[C@H](N)CC2)cc1. The predicted molar refractivity (Wildman–Crippen MR) is 104 cm³/mol. The van der Waals surface area contributed by atoms with E-state index in [-0.39, 0.29) is 5.97 Å². The summed E-state index contributed by atoms with van der Waals surface area (Å²) in [5.41, 5.74) is 8.06. The number of nitrogens with one attached hydrogen (secondary N) is 1. The average molecular weight is 344 g/mol. The summed E-state index contributed by atoms with van der Waals surface area (Å²) in [7, 11) is 0. The highest BCUT2D eigenvalue weighted by atomic mass is 16.5. The number of nitrogens with two attached hydrogens (primary N) is 1. The van der Waals surface area contributed by atoms with Gasteiger partial charge >= 0.3 is 5.97 Å². The van der Waals surface area contributed by atoms with E-state index in [4.69, 9.17) is 10.5 Å². The first kappa shape index (κ1) is 19.5. The van der Waals surface area contributed by atoms with Gasteiger partial charge in [0.2, 0.25) is 0 Å². The third-order valence-corrected chi connectivity index (χ3v) is 5.02. The maximum Gasteiger partial charge on any atom is 0.330 e. The number of carbonyl (C=O) groups excluding carboxylic acids is 1. The fraction of sp³-hybridized carbons (Fsp3) is 0.571. The molecule has 4 heteroatoms. The third kappa shape index (κ3) is 7.30. The summed E-state index contributed by atoms with van der Waals surface area (Å²) in [6.45, 7) is 5.65. The van der Waals surface area contributed by atoms with Crippen molar-refractivity contribution in [2.45, 2.75) is 52.0 Å². The van der Waals surface area contributed by atoms with Crippen molar-refractivity contribution in [1.29, 1.82) is 0 Å². The molecule has 0 radical (unpaired) electrons. The van der Waals surface area contributed by atoms with E-state index in [1.165, 1.54) is 18.9 Å². The standard InChI is InChI=1S/C21H32N2O2/c1-3-16(2)15-25-21(24)13-8-17-6-11-20(12-7-17)23-14-18-4-9-19(22)10-5-18/h6-8,11-13,16,18-19,23H,3-5,9-10,14-15,22H2,1-2H3/b13-8+/t16?,18-,19-. The van der Waals surface area contributed by atoms with Gasteiger partial charge < -0.3 is 15.8 Å². The maximum absolute atomic E-state index is 11.7. The highest BCUT2D eigenvalue weighted by molar-refractivity contribution is 5.87. The van der Waals surface area contributed by atoms with Crippen LogP contribution in [0.5, 0.6) is 0 Å². The summed E-state index contributed by atoms with van der Waals surface area (Å²) in [6, 6.07) is 8.53. The van der Waals surface area contributed by atoms with E-state index in [1.807, 2.05) is 12.1 Å². The van der Waals surface area contributed by atoms with Crippen LogP contribution < -0.4 is 11.1 Å². The molecule has 0 saturated heterocycles. The Morgan fingerprint density at radius 2 is 1.96 bits per heavy atom. The second-order valence-corrected chi connectivity index (χ2v) is 7.26. The number of esters is 1. The first-order valence-electron chi connectivity index (χ1n) is 9.51. The minimum Gasteiger partial charge on any atom is -0.462 e. The van der Waals surface area contributed by atoms with Gasteiger partial charge in [0.1, 0.15) is 0 Å². The van der Waals surface area contributed by atoms with Gasteiger partial charge in [-0.1, -0.05) is 32.4 Å². The Morgan fingerprint density at radius 1 is 1.28 bits per heavy atom. The van der Waals surface area contributed by atoms with Crippen LogP contribution in [-0.4, -0.2) is 25.2 Å². The van der Waals surface area contributed by atoms with Crippen LogP contribution in [-0.2, 0) is 9.53 Å². The molecule has 1 saturated carbocycles. The predicted octanol–water partition coefficient (Wildman–Crippen LogP) is 4.22. The van der Waals surface area contributed by atoms with E-state index in [0.29, 0.717) is 18.6 Å². The first-order valence-corrected chi connectivity index (χ1v) is 9.51. The van der Waals surface area contributed by atoms with Gasteiger partial charge in [0.25, 0.3) is 0 Å². The zero-order valence-corrected chi connectivity index (χ0v) is 15.5. The number of carbonyl (C=O) groups is 1.